The molecule has 35 heavy (non-hydrogen) atoms. The summed E-state index contributed by atoms with van der Waals surface area (Å²) in [6.07, 6.45) is 7.32. The van der Waals surface area contributed by atoms with Crippen LogP contribution in [0.25, 0.3) is 6.08 Å². The number of methoxy groups -OCH3 is 2. The number of carbonyl (C=O) groups is 2. The summed E-state index contributed by atoms with van der Waals surface area (Å²) in [6, 6.07) is 12.7. The van der Waals surface area contributed by atoms with Crippen molar-refractivity contribution in [3.8, 4) is 17.2 Å². The Morgan fingerprint density at radius 2 is 1.83 bits per heavy atom. The van der Waals surface area contributed by atoms with Gasteiger partial charge in [-0.15, -0.1) is 0 Å². The first-order valence-electron chi connectivity index (χ1n) is 11.5. The molecular weight excluding hydrogens is 484 g/mol. The number of thiocarbonyl (C=S) groups is 1. The monoisotopic (exact) mass is 512 g/mol. The van der Waals surface area contributed by atoms with Crippen molar-refractivity contribution in [2.45, 2.75) is 38.1 Å². The van der Waals surface area contributed by atoms with E-state index in [2.05, 4.69) is 5.32 Å². The third-order valence-electron chi connectivity index (χ3n) is 5.99. The standard InChI is InChI=1S/C26H28N2O5S2/c1-31-20-11-7-6-10-19(20)27-24(29)16-33-21-13-12-17(14-22(21)32-2)15-23-25(30)28(26(34)35-23)18-8-4-3-5-9-18/h6-7,10-15,18H,3-5,8-9,16H2,1-2H3,(H,27,29)/b23-15+. The second-order valence-electron chi connectivity index (χ2n) is 8.29. The van der Waals surface area contributed by atoms with Crippen LogP contribution in [-0.4, -0.2) is 47.9 Å². The van der Waals surface area contributed by atoms with Crippen molar-refractivity contribution in [1.29, 1.82) is 0 Å². The number of amides is 2. The summed E-state index contributed by atoms with van der Waals surface area (Å²) in [5.41, 5.74) is 1.35. The molecule has 0 aromatic heterocycles. The van der Waals surface area contributed by atoms with Crippen LogP contribution in [0.15, 0.2) is 47.4 Å². The Kier molecular flexibility index (Phi) is 8.30. The lowest BCUT2D eigenvalue weighted by molar-refractivity contribution is -0.124. The third-order valence-corrected chi connectivity index (χ3v) is 7.32. The number of rotatable bonds is 8. The van der Waals surface area contributed by atoms with Crippen molar-refractivity contribution in [3.63, 3.8) is 0 Å². The third kappa shape index (κ3) is 5.97. The highest BCUT2D eigenvalue weighted by Crippen LogP contribution is 2.38. The van der Waals surface area contributed by atoms with Gasteiger partial charge in [0.2, 0.25) is 0 Å². The summed E-state index contributed by atoms with van der Waals surface area (Å²) in [5, 5.41) is 2.77. The predicted octanol–water partition coefficient (Wildman–Crippen LogP) is 5.26. The smallest absolute Gasteiger partial charge is 0.266 e. The molecule has 1 aliphatic heterocycles. The molecule has 2 aromatic rings. The highest BCUT2D eigenvalue weighted by molar-refractivity contribution is 8.26. The molecule has 4 rings (SSSR count). The highest BCUT2D eigenvalue weighted by Gasteiger charge is 2.37. The summed E-state index contributed by atoms with van der Waals surface area (Å²) in [4.78, 5) is 27.8. The average Bonchev–Trinajstić information content (AvgIpc) is 3.16. The largest absolute Gasteiger partial charge is 0.495 e. The first-order chi connectivity index (χ1) is 17.0. The second-order valence-corrected chi connectivity index (χ2v) is 9.97. The van der Waals surface area contributed by atoms with Crippen LogP contribution in [0.2, 0.25) is 0 Å². The van der Waals surface area contributed by atoms with Crippen LogP contribution in [0, 0.1) is 0 Å². The Balaban J connectivity index is 1.42. The van der Waals surface area contributed by atoms with Crippen LogP contribution >= 0.6 is 24.0 Å². The fourth-order valence-corrected chi connectivity index (χ4v) is 5.66. The zero-order valence-corrected chi connectivity index (χ0v) is 21.4. The molecule has 0 bridgehead atoms. The lowest BCUT2D eigenvalue weighted by atomic mass is 9.94. The van der Waals surface area contributed by atoms with E-state index in [0.29, 0.717) is 32.2 Å². The Bertz CT molecular complexity index is 1140. The molecule has 1 N–H and O–H groups in total. The van der Waals surface area contributed by atoms with E-state index in [0.717, 1.165) is 31.2 Å². The molecule has 184 valence electrons. The number of hydrogen-bond donors (Lipinski definition) is 1. The minimum Gasteiger partial charge on any atom is -0.495 e. The first-order valence-corrected chi connectivity index (χ1v) is 12.7. The highest BCUT2D eigenvalue weighted by atomic mass is 32.2. The fourth-order valence-electron chi connectivity index (χ4n) is 4.26. The van der Waals surface area contributed by atoms with E-state index in [4.69, 9.17) is 26.4 Å². The topological polar surface area (TPSA) is 77.1 Å². The summed E-state index contributed by atoms with van der Waals surface area (Å²) in [7, 11) is 3.07. The van der Waals surface area contributed by atoms with E-state index < -0.39 is 0 Å². The van der Waals surface area contributed by atoms with Gasteiger partial charge in [-0.05, 0) is 48.7 Å². The molecule has 2 aliphatic rings. The van der Waals surface area contributed by atoms with Gasteiger partial charge in [-0.1, -0.05) is 61.4 Å². The SMILES string of the molecule is COc1ccccc1NC(=O)COc1ccc(/C=C2/SC(=S)N(C3CCCCC3)C2=O)cc1OC. The van der Waals surface area contributed by atoms with Crippen LogP contribution in [-0.2, 0) is 9.59 Å². The van der Waals surface area contributed by atoms with Gasteiger partial charge in [0, 0.05) is 6.04 Å². The number of hydrogen-bond acceptors (Lipinski definition) is 7. The zero-order valence-electron chi connectivity index (χ0n) is 19.7. The fraction of sp³-hybridized carbons (Fsp3) is 0.346. The summed E-state index contributed by atoms with van der Waals surface area (Å²) in [5.74, 6) is 1.10. The molecule has 1 saturated heterocycles. The summed E-state index contributed by atoms with van der Waals surface area (Å²) in [6.45, 7) is -0.201. The van der Waals surface area contributed by atoms with Crippen LogP contribution in [0.3, 0.4) is 0 Å². The predicted molar refractivity (Wildman–Crippen MR) is 142 cm³/mol. The molecule has 7 nitrogen and oxygen atoms in total. The molecule has 0 atom stereocenters. The summed E-state index contributed by atoms with van der Waals surface area (Å²) >= 11 is 6.86. The number of anilines is 1. The molecule has 1 aliphatic carbocycles. The van der Waals surface area contributed by atoms with Gasteiger partial charge in [0.1, 0.15) is 10.1 Å². The normalized spacial score (nSPS) is 17.5. The lowest BCUT2D eigenvalue weighted by Crippen LogP contribution is -2.39. The minimum atomic E-state index is -0.327. The number of benzene rings is 2. The maximum Gasteiger partial charge on any atom is 0.266 e. The molecule has 2 fully saturated rings. The van der Waals surface area contributed by atoms with Gasteiger partial charge in [0.15, 0.2) is 18.1 Å². The number of ether oxygens (including phenoxy) is 3. The van der Waals surface area contributed by atoms with E-state index in [1.807, 2.05) is 24.3 Å². The van der Waals surface area contributed by atoms with Crippen molar-refractivity contribution < 1.29 is 23.8 Å². The molecule has 9 heteroatoms. The Morgan fingerprint density at radius 1 is 1.09 bits per heavy atom. The van der Waals surface area contributed by atoms with Gasteiger partial charge in [-0.2, -0.15) is 0 Å². The molecule has 2 amide bonds. The van der Waals surface area contributed by atoms with Crippen molar-refractivity contribution in [1.82, 2.24) is 4.90 Å². The van der Waals surface area contributed by atoms with Gasteiger partial charge in [-0.3, -0.25) is 14.5 Å². The molecule has 1 heterocycles. The quantitative estimate of drug-likeness (QED) is 0.382. The van der Waals surface area contributed by atoms with Gasteiger partial charge in [0.05, 0.1) is 24.8 Å². The summed E-state index contributed by atoms with van der Waals surface area (Å²) < 4.78 is 17.0. The average molecular weight is 513 g/mol. The zero-order chi connectivity index (χ0) is 24.8. The van der Waals surface area contributed by atoms with Crippen molar-refractivity contribution in [2.75, 3.05) is 26.1 Å². The van der Waals surface area contributed by atoms with E-state index in [9.17, 15) is 9.59 Å². The molecule has 0 unspecified atom stereocenters. The van der Waals surface area contributed by atoms with Crippen molar-refractivity contribution in [2.24, 2.45) is 0 Å². The van der Waals surface area contributed by atoms with E-state index in [1.54, 1.807) is 36.3 Å². The number of thioether (sulfide) groups is 1. The lowest BCUT2D eigenvalue weighted by Gasteiger charge is -2.29. The maximum absolute atomic E-state index is 13.1. The number of nitrogens with one attached hydrogen (secondary N) is 1. The van der Waals surface area contributed by atoms with Gasteiger partial charge in [-0.25, -0.2) is 0 Å². The van der Waals surface area contributed by atoms with E-state index >= 15 is 0 Å². The van der Waals surface area contributed by atoms with E-state index in [-0.39, 0.29) is 24.5 Å². The van der Waals surface area contributed by atoms with Crippen LogP contribution < -0.4 is 19.5 Å². The molecule has 0 spiro atoms. The Morgan fingerprint density at radius 3 is 2.57 bits per heavy atom. The minimum absolute atomic E-state index is 0.0285. The number of nitrogens with zero attached hydrogens (tertiary/aromatic N) is 1. The Hall–Kier alpha value is -3.04. The molecule has 2 aromatic carbocycles. The van der Waals surface area contributed by atoms with Gasteiger partial charge >= 0.3 is 0 Å². The first kappa shape index (κ1) is 25.1. The number of carbonyl (C=O) groups excluding carboxylic acids is 2. The van der Waals surface area contributed by atoms with E-state index in [1.165, 1.54) is 25.3 Å². The van der Waals surface area contributed by atoms with Crippen LogP contribution in [0.4, 0.5) is 5.69 Å². The van der Waals surface area contributed by atoms with Crippen molar-refractivity contribution in [3.05, 3.63) is 52.9 Å². The molecule has 0 radical (unpaired) electrons. The maximum atomic E-state index is 13.1. The van der Waals surface area contributed by atoms with Crippen LogP contribution in [0.1, 0.15) is 37.7 Å². The molecular formula is C26H28N2O5S2. The number of para-hydroxylation sites is 2. The van der Waals surface area contributed by atoms with Gasteiger partial charge in [0.25, 0.3) is 11.8 Å². The van der Waals surface area contributed by atoms with Gasteiger partial charge < -0.3 is 19.5 Å². The van der Waals surface area contributed by atoms with Crippen LogP contribution in [0.5, 0.6) is 17.2 Å². The second kappa shape index (κ2) is 11.6. The molecule has 1 saturated carbocycles. The Labute approximate surface area is 214 Å². The van der Waals surface area contributed by atoms with Crippen molar-refractivity contribution >= 4 is 51.9 Å².